The highest BCUT2D eigenvalue weighted by molar-refractivity contribution is 6.31. The Hall–Kier alpha value is -2.92. The maximum absolute atomic E-state index is 13.7. The van der Waals surface area contributed by atoms with Gasteiger partial charge in [-0.2, -0.15) is 5.10 Å². The maximum atomic E-state index is 13.7. The molecule has 0 unspecified atom stereocenters. The number of hydrogen-bond donors (Lipinski definition) is 1. The molecule has 0 spiro atoms. The average molecular weight is 356 g/mol. The molecule has 3 aromatic rings. The van der Waals surface area contributed by atoms with E-state index in [0.717, 1.165) is 5.56 Å². The fourth-order valence-electron chi connectivity index (χ4n) is 2.08. The largest absolute Gasteiger partial charge is 0.489 e. The van der Waals surface area contributed by atoms with Crippen LogP contribution in [-0.4, -0.2) is 11.2 Å². The van der Waals surface area contributed by atoms with E-state index < -0.39 is 0 Å². The Morgan fingerprint density at radius 2 is 1.92 bits per heavy atom. The van der Waals surface area contributed by atoms with Gasteiger partial charge in [0, 0.05) is 11.8 Å². The third-order valence-electron chi connectivity index (χ3n) is 3.38. The first-order chi connectivity index (χ1) is 12.2. The molecule has 1 N–H and O–H groups in total. The van der Waals surface area contributed by atoms with Gasteiger partial charge in [0.25, 0.3) is 0 Å². The van der Waals surface area contributed by atoms with Crippen molar-refractivity contribution in [3.05, 3.63) is 88.8 Å². The van der Waals surface area contributed by atoms with Gasteiger partial charge in [-0.05, 0) is 54.1 Å². The van der Waals surface area contributed by atoms with Crippen molar-refractivity contribution in [3.8, 4) is 5.75 Å². The van der Waals surface area contributed by atoms with Gasteiger partial charge in [-0.15, -0.1) is 0 Å². The number of hydrazone groups is 1. The van der Waals surface area contributed by atoms with Crippen LogP contribution in [0.2, 0.25) is 5.02 Å². The third-order valence-corrected chi connectivity index (χ3v) is 3.74. The summed E-state index contributed by atoms with van der Waals surface area (Å²) in [5.41, 5.74) is 4.07. The lowest BCUT2D eigenvalue weighted by Crippen LogP contribution is -1.99. The standard InChI is InChI=1S/C19H15ClFN3O/c20-17-4-3-5-18(21)16(17)13-25-15-9-7-14(8-10-15)12-23-24-19-6-1-2-11-22-19/h1-12H,13H2,(H,22,24). The minimum absolute atomic E-state index is 0.0696. The molecule has 0 aliphatic rings. The summed E-state index contributed by atoms with van der Waals surface area (Å²) in [5, 5.41) is 4.46. The number of pyridine rings is 1. The number of hydrogen-bond acceptors (Lipinski definition) is 4. The van der Waals surface area contributed by atoms with Crippen LogP contribution in [0.4, 0.5) is 10.2 Å². The fraction of sp³-hybridized carbons (Fsp3) is 0.0526. The predicted octanol–water partition coefficient (Wildman–Crippen LogP) is 4.90. The summed E-state index contributed by atoms with van der Waals surface area (Å²) in [6, 6.07) is 17.4. The molecule has 0 atom stereocenters. The summed E-state index contributed by atoms with van der Waals surface area (Å²) < 4.78 is 19.3. The van der Waals surface area contributed by atoms with Crippen molar-refractivity contribution in [1.82, 2.24) is 4.98 Å². The van der Waals surface area contributed by atoms with Crippen LogP contribution >= 0.6 is 11.6 Å². The van der Waals surface area contributed by atoms with Crippen LogP contribution in [0.1, 0.15) is 11.1 Å². The Kier molecular flexibility index (Phi) is 5.59. The van der Waals surface area contributed by atoms with Crippen molar-refractivity contribution in [2.45, 2.75) is 6.61 Å². The van der Waals surface area contributed by atoms with E-state index >= 15 is 0 Å². The highest BCUT2D eigenvalue weighted by atomic mass is 35.5. The molecule has 0 aliphatic carbocycles. The second-order valence-corrected chi connectivity index (χ2v) is 5.55. The van der Waals surface area contributed by atoms with Crippen LogP contribution in [0.15, 0.2) is 72.0 Å². The van der Waals surface area contributed by atoms with E-state index in [4.69, 9.17) is 16.3 Å². The molecule has 1 heterocycles. The van der Waals surface area contributed by atoms with E-state index in [0.29, 0.717) is 22.2 Å². The normalized spacial score (nSPS) is 10.8. The molecule has 0 amide bonds. The van der Waals surface area contributed by atoms with Crippen molar-refractivity contribution in [2.24, 2.45) is 5.10 Å². The van der Waals surface area contributed by atoms with Crippen molar-refractivity contribution in [2.75, 3.05) is 5.43 Å². The van der Waals surface area contributed by atoms with E-state index in [1.165, 1.54) is 6.07 Å². The summed E-state index contributed by atoms with van der Waals surface area (Å²) in [6.07, 6.45) is 3.36. The number of anilines is 1. The maximum Gasteiger partial charge on any atom is 0.146 e. The number of halogens is 2. The van der Waals surface area contributed by atoms with Gasteiger partial charge in [0.15, 0.2) is 0 Å². The predicted molar refractivity (Wildman–Crippen MR) is 97.6 cm³/mol. The van der Waals surface area contributed by atoms with Gasteiger partial charge in [-0.1, -0.05) is 23.7 Å². The number of rotatable bonds is 6. The van der Waals surface area contributed by atoms with Crippen LogP contribution in [0.5, 0.6) is 5.75 Å². The molecule has 4 nitrogen and oxygen atoms in total. The van der Waals surface area contributed by atoms with Crippen molar-refractivity contribution in [1.29, 1.82) is 0 Å². The molecule has 1 aromatic heterocycles. The number of ether oxygens (including phenoxy) is 1. The molecule has 6 heteroatoms. The lowest BCUT2D eigenvalue weighted by Gasteiger charge is -2.08. The first-order valence-electron chi connectivity index (χ1n) is 7.58. The molecule has 126 valence electrons. The molecule has 0 saturated carbocycles. The van der Waals surface area contributed by atoms with E-state index in [2.05, 4.69) is 15.5 Å². The van der Waals surface area contributed by atoms with Crippen LogP contribution < -0.4 is 10.2 Å². The Morgan fingerprint density at radius 1 is 1.08 bits per heavy atom. The first kappa shape index (κ1) is 16.9. The molecule has 0 radical (unpaired) electrons. The van der Waals surface area contributed by atoms with Crippen molar-refractivity contribution < 1.29 is 9.13 Å². The number of aromatic nitrogens is 1. The van der Waals surface area contributed by atoms with Crippen molar-refractivity contribution in [3.63, 3.8) is 0 Å². The van der Waals surface area contributed by atoms with E-state index in [1.54, 1.807) is 36.7 Å². The van der Waals surface area contributed by atoms with Crippen LogP contribution in [0, 0.1) is 5.82 Å². The van der Waals surface area contributed by atoms with Crippen LogP contribution in [0.3, 0.4) is 0 Å². The third kappa shape index (κ3) is 4.78. The molecule has 0 aliphatic heterocycles. The Balaban J connectivity index is 1.57. The Morgan fingerprint density at radius 3 is 2.64 bits per heavy atom. The monoisotopic (exact) mass is 355 g/mol. The number of nitrogens with one attached hydrogen (secondary N) is 1. The molecule has 3 rings (SSSR count). The summed E-state index contributed by atoms with van der Waals surface area (Å²) in [4.78, 5) is 4.11. The molecule has 0 fully saturated rings. The summed E-state index contributed by atoms with van der Waals surface area (Å²) in [5.74, 6) is 0.909. The van der Waals surface area contributed by atoms with Gasteiger partial charge in [0.2, 0.25) is 0 Å². The average Bonchev–Trinajstić information content (AvgIpc) is 2.63. The smallest absolute Gasteiger partial charge is 0.146 e. The van der Waals surface area contributed by atoms with Gasteiger partial charge in [-0.3, -0.25) is 5.43 Å². The minimum Gasteiger partial charge on any atom is -0.489 e. The zero-order valence-electron chi connectivity index (χ0n) is 13.2. The second-order valence-electron chi connectivity index (χ2n) is 5.14. The van der Waals surface area contributed by atoms with Crippen LogP contribution in [-0.2, 0) is 6.61 Å². The molecular formula is C19H15ClFN3O. The van der Waals surface area contributed by atoms with E-state index in [1.807, 2.05) is 30.3 Å². The van der Waals surface area contributed by atoms with Gasteiger partial charge < -0.3 is 4.74 Å². The van der Waals surface area contributed by atoms with Gasteiger partial charge in [0.1, 0.15) is 24.0 Å². The summed E-state index contributed by atoms with van der Waals surface area (Å²) in [6.45, 7) is 0.0696. The van der Waals surface area contributed by atoms with Gasteiger partial charge in [0.05, 0.1) is 11.2 Å². The number of nitrogens with zero attached hydrogens (tertiary/aromatic N) is 2. The fourth-order valence-corrected chi connectivity index (χ4v) is 2.30. The Labute approximate surface area is 149 Å². The highest BCUT2D eigenvalue weighted by Crippen LogP contribution is 2.21. The van der Waals surface area contributed by atoms with E-state index in [9.17, 15) is 4.39 Å². The van der Waals surface area contributed by atoms with Crippen molar-refractivity contribution >= 4 is 23.6 Å². The zero-order valence-corrected chi connectivity index (χ0v) is 13.9. The zero-order chi connectivity index (χ0) is 17.5. The first-order valence-corrected chi connectivity index (χ1v) is 7.96. The van der Waals surface area contributed by atoms with Crippen LogP contribution in [0.25, 0.3) is 0 Å². The molecule has 0 saturated heterocycles. The summed E-state index contributed by atoms with van der Waals surface area (Å²) in [7, 11) is 0. The molecule has 2 aromatic carbocycles. The lowest BCUT2D eigenvalue weighted by atomic mass is 10.2. The Bertz CT molecular complexity index is 834. The lowest BCUT2D eigenvalue weighted by molar-refractivity contribution is 0.300. The number of benzene rings is 2. The molecule has 0 bridgehead atoms. The quantitative estimate of drug-likeness (QED) is 0.505. The van der Waals surface area contributed by atoms with Gasteiger partial charge in [-0.25, -0.2) is 9.37 Å². The minimum atomic E-state index is -0.378. The van der Waals surface area contributed by atoms with E-state index in [-0.39, 0.29) is 12.4 Å². The van der Waals surface area contributed by atoms with Gasteiger partial charge >= 0.3 is 0 Å². The topological polar surface area (TPSA) is 46.5 Å². The second kappa shape index (κ2) is 8.26. The highest BCUT2D eigenvalue weighted by Gasteiger charge is 2.07. The molecular weight excluding hydrogens is 341 g/mol. The SMILES string of the molecule is Fc1cccc(Cl)c1COc1ccc(C=NNc2ccccn2)cc1. The molecule has 25 heavy (non-hydrogen) atoms. The summed E-state index contributed by atoms with van der Waals surface area (Å²) >= 11 is 5.98.